The number of Topliss-reactive ketones (excluding diaryl/α,β-unsaturated/α-hetero) is 1. The zero-order valence-corrected chi connectivity index (χ0v) is 25.2. The molecule has 1 heterocycles. The highest BCUT2D eigenvalue weighted by molar-refractivity contribution is 5.98. The van der Waals surface area contributed by atoms with Crippen LogP contribution in [0.1, 0.15) is 64.2 Å². The number of epoxide rings is 1. The number of carbonyl (C=O) groups is 4. The molecule has 2 aromatic carbocycles. The summed E-state index contributed by atoms with van der Waals surface area (Å²) in [7, 11) is 0. The van der Waals surface area contributed by atoms with Gasteiger partial charge in [-0.05, 0) is 49.7 Å². The number of hydrogen-bond acceptors (Lipinski definition) is 5. The second-order valence-electron chi connectivity index (χ2n) is 12.1. The summed E-state index contributed by atoms with van der Waals surface area (Å²) in [5.74, 6) is -1.31. The van der Waals surface area contributed by atoms with Gasteiger partial charge in [-0.1, -0.05) is 87.9 Å². The first-order chi connectivity index (χ1) is 19.4. The van der Waals surface area contributed by atoms with Crippen molar-refractivity contribution >= 4 is 23.5 Å². The molecular formula is C33H45N3O5. The molecule has 0 aliphatic carbocycles. The third-order valence-corrected chi connectivity index (χ3v) is 7.38. The van der Waals surface area contributed by atoms with Crippen molar-refractivity contribution in [1.29, 1.82) is 0 Å². The molecule has 1 saturated heterocycles. The highest BCUT2D eigenvalue weighted by Gasteiger charge is 2.50. The SMILES string of the molecule is Cc1ccc(CCC(=O)N[C@@H](CC(C)C)C(=O)N[C@@H](Cc2ccccc2)C(=O)NC(C(=O)[C@@]2(C)CO2)C(C)C)cc1. The van der Waals surface area contributed by atoms with E-state index in [1.165, 1.54) is 0 Å². The van der Waals surface area contributed by atoms with Gasteiger partial charge in [-0.25, -0.2) is 0 Å². The van der Waals surface area contributed by atoms with Crippen LogP contribution in [0, 0.1) is 18.8 Å². The number of carbonyl (C=O) groups excluding carboxylic acids is 4. The minimum absolute atomic E-state index is 0.131. The van der Waals surface area contributed by atoms with Gasteiger partial charge in [0, 0.05) is 12.8 Å². The Morgan fingerprint density at radius 1 is 0.829 bits per heavy atom. The van der Waals surface area contributed by atoms with Crippen molar-refractivity contribution in [3.63, 3.8) is 0 Å². The molecule has 3 rings (SSSR count). The molecule has 1 aliphatic heterocycles. The van der Waals surface area contributed by atoms with Crippen molar-refractivity contribution in [2.45, 2.75) is 91.0 Å². The second-order valence-corrected chi connectivity index (χ2v) is 12.1. The molecule has 0 bridgehead atoms. The fraction of sp³-hybridized carbons (Fsp3) is 0.515. The molecule has 1 unspecified atom stereocenters. The monoisotopic (exact) mass is 563 g/mol. The standard InChI is InChI=1S/C33H45N3O5/c1-21(2)18-26(34-28(37)17-16-24-14-12-23(5)13-15-24)31(39)35-27(19-25-10-8-7-9-11-25)32(40)36-29(22(3)4)30(38)33(6)20-41-33/h7-15,21-22,26-27,29H,16-20H2,1-6H3,(H,34,37)(H,35,39)(H,36,40)/t26-,27-,29?,33+/m0/s1. The van der Waals surface area contributed by atoms with Crippen LogP contribution < -0.4 is 16.0 Å². The van der Waals surface area contributed by atoms with Gasteiger partial charge in [0.25, 0.3) is 0 Å². The number of aryl methyl sites for hydroxylation is 2. The molecule has 1 fully saturated rings. The van der Waals surface area contributed by atoms with E-state index in [1.54, 1.807) is 6.92 Å². The summed E-state index contributed by atoms with van der Waals surface area (Å²) in [6.45, 7) is 11.8. The lowest BCUT2D eigenvalue weighted by Gasteiger charge is -2.28. The summed E-state index contributed by atoms with van der Waals surface area (Å²) in [6.07, 6.45) is 1.47. The van der Waals surface area contributed by atoms with Gasteiger partial charge in [-0.2, -0.15) is 0 Å². The first-order valence-electron chi connectivity index (χ1n) is 14.6. The van der Waals surface area contributed by atoms with Crippen LogP contribution in [-0.2, 0) is 36.8 Å². The van der Waals surface area contributed by atoms with E-state index >= 15 is 0 Å². The van der Waals surface area contributed by atoms with Crippen LogP contribution in [0.25, 0.3) is 0 Å². The maximum Gasteiger partial charge on any atom is 0.243 e. The van der Waals surface area contributed by atoms with Crippen molar-refractivity contribution in [3.05, 3.63) is 71.3 Å². The summed E-state index contributed by atoms with van der Waals surface area (Å²) >= 11 is 0. The fourth-order valence-electron chi connectivity index (χ4n) is 4.68. The van der Waals surface area contributed by atoms with E-state index in [9.17, 15) is 19.2 Å². The van der Waals surface area contributed by atoms with E-state index in [0.29, 0.717) is 19.4 Å². The predicted octanol–water partition coefficient (Wildman–Crippen LogP) is 3.68. The van der Waals surface area contributed by atoms with Crippen molar-refractivity contribution < 1.29 is 23.9 Å². The maximum absolute atomic E-state index is 13.6. The zero-order valence-electron chi connectivity index (χ0n) is 25.2. The molecule has 0 saturated carbocycles. The van der Waals surface area contributed by atoms with E-state index < -0.39 is 35.5 Å². The summed E-state index contributed by atoms with van der Waals surface area (Å²) in [5.41, 5.74) is 2.18. The quantitative estimate of drug-likeness (QED) is 0.286. The van der Waals surface area contributed by atoms with Crippen LogP contribution in [0.4, 0.5) is 0 Å². The van der Waals surface area contributed by atoms with E-state index in [0.717, 1.165) is 16.7 Å². The molecule has 3 N–H and O–H groups in total. The van der Waals surface area contributed by atoms with Crippen LogP contribution in [0.2, 0.25) is 0 Å². The minimum atomic E-state index is -0.939. The largest absolute Gasteiger partial charge is 0.361 e. The number of amides is 3. The number of rotatable bonds is 15. The Hall–Kier alpha value is -3.52. The van der Waals surface area contributed by atoms with Crippen LogP contribution in [0.15, 0.2) is 54.6 Å². The normalized spacial score (nSPS) is 18.3. The zero-order chi connectivity index (χ0) is 30.2. The Kier molecular flexibility index (Phi) is 11.2. The number of hydrogen-bond donors (Lipinski definition) is 3. The molecule has 2 aromatic rings. The summed E-state index contributed by atoms with van der Waals surface area (Å²) in [5, 5.41) is 8.66. The van der Waals surface area contributed by atoms with Crippen LogP contribution in [-0.4, -0.2) is 53.8 Å². The lowest BCUT2D eigenvalue weighted by molar-refractivity contribution is -0.135. The summed E-state index contributed by atoms with van der Waals surface area (Å²) in [4.78, 5) is 53.1. The van der Waals surface area contributed by atoms with Gasteiger partial charge in [0.05, 0.1) is 12.6 Å². The lowest BCUT2D eigenvalue weighted by Crippen LogP contribution is -2.58. The van der Waals surface area contributed by atoms with Gasteiger partial charge < -0.3 is 20.7 Å². The molecule has 0 spiro atoms. The van der Waals surface area contributed by atoms with Gasteiger partial charge in [0.1, 0.15) is 17.7 Å². The molecule has 3 amide bonds. The Morgan fingerprint density at radius 3 is 2.00 bits per heavy atom. The van der Waals surface area contributed by atoms with E-state index in [1.807, 2.05) is 89.2 Å². The smallest absolute Gasteiger partial charge is 0.243 e. The van der Waals surface area contributed by atoms with Gasteiger partial charge in [-0.3, -0.25) is 19.2 Å². The highest BCUT2D eigenvalue weighted by atomic mass is 16.6. The molecule has 8 heteroatoms. The van der Waals surface area contributed by atoms with Crippen molar-refractivity contribution in [3.8, 4) is 0 Å². The topological polar surface area (TPSA) is 117 Å². The molecule has 0 radical (unpaired) electrons. The number of nitrogens with one attached hydrogen (secondary N) is 3. The Morgan fingerprint density at radius 2 is 1.44 bits per heavy atom. The minimum Gasteiger partial charge on any atom is -0.361 e. The first-order valence-corrected chi connectivity index (χ1v) is 14.6. The molecular weight excluding hydrogens is 518 g/mol. The molecule has 41 heavy (non-hydrogen) atoms. The molecule has 0 aromatic heterocycles. The predicted molar refractivity (Wildman–Crippen MR) is 159 cm³/mol. The second kappa shape index (κ2) is 14.4. The molecule has 4 atom stereocenters. The first kappa shape index (κ1) is 32.0. The van der Waals surface area contributed by atoms with Crippen LogP contribution >= 0.6 is 0 Å². The molecule has 1 aliphatic rings. The maximum atomic E-state index is 13.6. The number of ether oxygens (including phenoxy) is 1. The average molecular weight is 564 g/mol. The van der Waals surface area contributed by atoms with E-state index in [2.05, 4.69) is 16.0 Å². The van der Waals surface area contributed by atoms with Gasteiger partial charge in [0.2, 0.25) is 17.7 Å². The van der Waals surface area contributed by atoms with Gasteiger partial charge in [-0.15, -0.1) is 0 Å². The van der Waals surface area contributed by atoms with Gasteiger partial charge in [0.15, 0.2) is 5.78 Å². The lowest BCUT2D eigenvalue weighted by atomic mass is 9.91. The Balaban J connectivity index is 1.73. The van der Waals surface area contributed by atoms with E-state index in [4.69, 9.17) is 4.74 Å². The average Bonchev–Trinajstić information content (AvgIpc) is 3.68. The number of benzene rings is 2. The Labute approximate surface area is 244 Å². The summed E-state index contributed by atoms with van der Waals surface area (Å²) < 4.78 is 5.34. The van der Waals surface area contributed by atoms with Crippen molar-refractivity contribution in [2.75, 3.05) is 6.61 Å². The van der Waals surface area contributed by atoms with Gasteiger partial charge >= 0.3 is 0 Å². The third kappa shape index (κ3) is 9.81. The van der Waals surface area contributed by atoms with Crippen molar-refractivity contribution in [1.82, 2.24) is 16.0 Å². The van der Waals surface area contributed by atoms with Crippen molar-refractivity contribution in [2.24, 2.45) is 11.8 Å². The van der Waals surface area contributed by atoms with Crippen LogP contribution in [0.5, 0.6) is 0 Å². The third-order valence-electron chi connectivity index (χ3n) is 7.38. The fourth-order valence-corrected chi connectivity index (χ4v) is 4.68. The summed E-state index contributed by atoms with van der Waals surface area (Å²) in [6, 6.07) is 14.9. The highest BCUT2D eigenvalue weighted by Crippen LogP contribution is 2.30. The number of ketones is 1. The molecule has 8 nitrogen and oxygen atoms in total. The van der Waals surface area contributed by atoms with Crippen LogP contribution in [0.3, 0.4) is 0 Å². The van der Waals surface area contributed by atoms with E-state index in [-0.39, 0.29) is 36.4 Å². The molecule has 222 valence electrons. The Bertz CT molecular complexity index is 1190.